The van der Waals surface area contributed by atoms with Crippen molar-refractivity contribution in [2.45, 2.75) is 41.0 Å². The summed E-state index contributed by atoms with van der Waals surface area (Å²) < 4.78 is 7.96. The van der Waals surface area contributed by atoms with E-state index in [4.69, 9.17) is 4.74 Å². The first-order valence-electron chi connectivity index (χ1n) is 11.5. The minimum atomic E-state index is -0.266. The quantitative estimate of drug-likeness (QED) is 0.372. The Morgan fingerprint density at radius 1 is 1.00 bits per heavy atom. The first kappa shape index (κ1) is 23.9. The Morgan fingerprint density at radius 2 is 1.74 bits per heavy atom. The maximum atomic E-state index is 13.0. The van der Waals surface area contributed by atoms with Crippen LogP contribution < -0.4 is 4.74 Å². The van der Waals surface area contributed by atoms with Crippen LogP contribution in [0.2, 0.25) is 0 Å². The number of imide groups is 1. The number of hydrogen-bond acceptors (Lipinski definition) is 4. The third-order valence-corrected chi connectivity index (χ3v) is 7.07. The number of aromatic nitrogens is 1. The van der Waals surface area contributed by atoms with E-state index in [0.717, 1.165) is 46.4 Å². The van der Waals surface area contributed by atoms with Gasteiger partial charge in [0.05, 0.1) is 17.1 Å². The molecular formula is C28H30N2O3S. The first-order valence-corrected chi connectivity index (χ1v) is 12.3. The average Bonchev–Trinajstić information content (AvgIpc) is 3.24. The summed E-state index contributed by atoms with van der Waals surface area (Å²) in [6, 6.07) is 16.2. The van der Waals surface area contributed by atoms with E-state index < -0.39 is 0 Å². The van der Waals surface area contributed by atoms with Crippen molar-refractivity contribution in [2.24, 2.45) is 0 Å². The summed E-state index contributed by atoms with van der Waals surface area (Å²) in [5, 5.41) is -0.260. The number of nitrogens with zero attached hydrogens (tertiary/aromatic N) is 2. The van der Waals surface area contributed by atoms with E-state index in [1.807, 2.05) is 37.3 Å². The number of thioether (sulfide) groups is 1. The van der Waals surface area contributed by atoms with Crippen LogP contribution in [0.4, 0.5) is 4.79 Å². The van der Waals surface area contributed by atoms with Gasteiger partial charge in [0.15, 0.2) is 0 Å². The van der Waals surface area contributed by atoms with E-state index in [-0.39, 0.29) is 24.3 Å². The normalized spacial score (nSPS) is 15.0. The number of amides is 2. The molecule has 2 aromatic carbocycles. The van der Waals surface area contributed by atoms with Gasteiger partial charge in [-0.25, -0.2) is 0 Å². The fourth-order valence-corrected chi connectivity index (χ4v) is 5.18. The second-order valence-electron chi connectivity index (χ2n) is 8.59. The van der Waals surface area contributed by atoms with E-state index in [0.29, 0.717) is 4.91 Å². The van der Waals surface area contributed by atoms with Crippen molar-refractivity contribution in [3.8, 4) is 11.4 Å². The molecule has 0 aliphatic carbocycles. The Balaban J connectivity index is 1.54. The van der Waals surface area contributed by atoms with Crippen LogP contribution in [0, 0.1) is 27.7 Å². The Hall–Kier alpha value is -3.25. The number of rotatable bonds is 7. The molecule has 34 heavy (non-hydrogen) atoms. The largest absolute Gasteiger partial charge is 0.492 e. The molecule has 2 heterocycles. The molecule has 1 aliphatic heterocycles. The predicted octanol–water partition coefficient (Wildman–Crippen LogP) is 6.39. The lowest BCUT2D eigenvalue weighted by Crippen LogP contribution is -2.32. The van der Waals surface area contributed by atoms with Crippen LogP contribution in [-0.4, -0.2) is 33.8 Å². The zero-order valence-electron chi connectivity index (χ0n) is 20.3. The average molecular weight is 475 g/mol. The van der Waals surface area contributed by atoms with Gasteiger partial charge in [-0.05, 0) is 86.8 Å². The van der Waals surface area contributed by atoms with E-state index in [1.54, 1.807) is 0 Å². The summed E-state index contributed by atoms with van der Waals surface area (Å²) in [7, 11) is 0. The molecule has 0 bridgehead atoms. The number of benzene rings is 2. The highest BCUT2D eigenvalue weighted by Crippen LogP contribution is 2.34. The molecule has 0 spiro atoms. The fraction of sp³-hybridized carbons (Fsp3) is 0.286. The van der Waals surface area contributed by atoms with Gasteiger partial charge >= 0.3 is 0 Å². The Morgan fingerprint density at radius 3 is 2.44 bits per heavy atom. The summed E-state index contributed by atoms with van der Waals surface area (Å²) in [5.41, 5.74) is 7.93. The number of carbonyl (C=O) groups is 2. The van der Waals surface area contributed by atoms with Crippen molar-refractivity contribution in [1.82, 2.24) is 9.47 Å². The van der Waals surface area contributed by atoms with Crippen molar-refractivity contribution < 1.29 is 14.3 Å². The highest BCUT2D eigenvalue weighted by Gasteiger charge is 2.35. The number of ether oxygens (including phenoxy) is 1. The highest BCUT2D eigenvalue weighted by atomic mass is 32.2. The van der Waals surface area contributed by atoms with Gasteiger partial charge in [-0.1, -0.05) is 42.8 Å². The van der Waals surface area contributed by atoms with Crippen LogP contribution in [0.15, 0.2) is 53.4 Å². The molecule has 0 N–H and O–H groups in total. The maximum absolute atomic E-state index is 13.0. The molecule has 0 saturated carbocycles. The van der Waals surface area contributed by atoms with Crippen LogP contribution in [0.3, 0.4) is 0 Å². The van der Waals surface area contributed by atoms with Crippen molar-refractivity contribution in [2.75, 3.05) is 13.2 Å². The topological polar surface area (TPSA) is 51.5 Å². The minimum absolute atomic E-state index is 0.220. The molecule has 6 heteroatoms. The van der Waals surface area contributed by atoms with Crippen LogP contribution in [0.5, 0.6) is 5.75 Å². The number of carbonyl (C=O) groups excluding carboxylic acids is 2. The van der Waals surface area contributed by atoms with Crippen molar-refractivity contribution >= 4 is 29.0 Å². The van der Waals surface area contributed by atoms with Crippen molar-refractivity contribution in [3.05, 3.63) is 87.1 Å². The highest BCUT2D eigenvalue weighted by molar-refractivity contribution is 8.18. The lowest BCUT2D eigenvalue weighted by atomic mass is 10.1. The Bertz CT molecular complexity index is 1270. The second-order valence-corrected chi connectivity index (χ2v) is 9.59. The molecule has 1 aromatic heterocycles. The predicted molar refractivity (Wildman–Crippen MR) is 139 cm³/mol. The summed E-state index contributed by atoms with van der Waals surface area (Å²) in [6.07, 6.45) is 2.78. The smallest absolute Gasteiger partial charge is 0.293 e. The van der Waals surface area contributed by atoms with Gasteiger partial charge in [-0.3, -0.25) is 14.5 Å². The Kier molecular flexibility index (Phi) is 6.98. The lowest BCUT2D eigenvalue weighted by Gasteiger charge is -2.17. The number of aryl methyl sites for hydroxylation is 4. The van der Waals surface area contributed by atoms with Crippen molar-refractivity contribution in [3.63, 3.8) is 0 Å². The summed E-state index contributed by atoms with van der Waals surface area (Å²) >= 11 is 0.989. The summed E-state index contributed by atoms with van der Waals surface area (Å²) in [5.74, 6) is 0.459. The molecule has 4 rings (SSSR count). The van der Waals surface area contributed by atoms with Crippen molar-refractivity contribution in [1.29, 1.82) is 0 Å². The van der Waals surface area contributed by atoms with E-state index in [9.17, 15) is 9.59 Å². The van der Waals surface area contributed by atoms with Gasteiger partial charge in [0.2, 0.25) is 0 Å². The van der Waals surface area contributed by atoms with Crippen LogP contribution in [-0.2, 0) is 11.2 Å². The Labute approximate surface area is 205 Å². The van der Waals surface area contributed by atoms with Gasteiger partial charge < -0.3 is 9.30 Å². The van der Waals surface area contributed by atoms with E-state index in [1.165, 1.54) is 21.7 Å². The molecule has 0 unspecified atom stereocenters. The fourth-order valence-electron chi connectivity index (χ4n) is 4.33. The monoisotopic (exact) mass is 474 g/mol. The second kappa shape index (κ2) is 9.94. The maximum Gasteiger partial charge on any atom is 0.293 e. The molecule has 0 radical (unpaired) electrons. The summed E-state index contributed by atoms with van der Waals surface area (Å²) in [6.45, 7) is 10.9. The molecule has 1 saturated heterocycles. The molecule has 3 aromatic rings. The third-order valence-electron chi connectivity index (χ3n) is 6.16. The summed E-state index contributed by atoms with van der Waals surface area (Å²) in [4.78, 5) is 27.2. The molecule has 0 atom stereocenters. The number of hydrogen-bond donors (Lipinski definition) is 0. The molecule has 2 amide bonds. The van der Waals surface area contributed by atoms with Gasteiger partial charge in [0.25, 0.3) is 11.1 Å². The van der Waals surface area contributed by atoms with Crippen LogP contribution in [0.1, 0.15) is 40.6 Å². The zero-order valence-corrected chi connectivity index (χ0v) is 21.2. The first-order chi connectivity index (χ1) is 16.3. The van der Waals surface area contributed by atoms with Crippen LogP contribution in [0.25, 0.3) is 11.8 Å². The van der Waals surface area contributed by atoms with Gasteiger partial charge in [0, 0.05) is 11.4 Å². The standard InChI is InChI=1S/C28H30N2O3S/c1-6-22-9-7-8-19(3)26(22)30-20(4)16-23(21(30)5)17-25-27(31)29(28(32)34-25)14-15-33-24-12-10-18(2)11-13-24/h7-13,16-17H,6,14-15H2,1-5H3/b25-17-. The molecule has 1 aliphatic rings. The molecule has 5 nitrogen and oxygen atoms in total. The van der Waals surface area contributed by atoms with Gasteiger partial charge in [0.1, 0.15) is 12.4 Å². The SMILES string of the molecule is CCc1cccc(C)c1-n1c(C)cc(/C=C2\SC(=O)N(CCOc3ccc(C)cc3)C2=O)c1C. The molecule has 1 fully saturated rings. The lowest BCUT2D eigenvalue weighted by molar-refractivity contribution is -0.123. The minimum Gasteiger partial charge on any atom is -0.492 e. The zero-order chi connectivity index (χ0) is 24.4. The molecule has 176 valence electrons. The molecular weight excluding hydrogens is 444 g/mol. The van der Waals surface area contributed by atoms with Gasteiger partial charge in [-0.15, -0.1) is 0 Å². The number of para-hydroxylation sites is 1. The van der Waals surface area contributed by atoms with E-state index >= 15 is 0 Å². The van der Waals surface area contributed by atoms with E-state index in [2.05, 4.69) is 56.5 Å². The van der Waals surface area contributed by atoms with Gasteiger partial charge in [-0.2, -0.15) is 0 Å². The third kappa shape index (κ3) is 4.68. The van der Waals surface area contributed by atoms with Crippen LogP contribution >= 0.6 is 11.8 Å².